The zero-order chi connectivity index (χ0) is 14.8. The SMILES string of the molecule is CCCCC(CN)NC(=O)CSCc1cccc(Cl)c1. The molecule has 1 unspecified atom stereocenters. The Bertz CT molecular complexity index is 415. The Morgan fingerprint density at radius 2 is 2.30 bits per heavy atom. The number of halogens is 1. The molecule has 0 aliphatic carbocycles. The zero-order valence-corrected chi connectivity index (χ0v) is 13.5. The first-order valence-electron chi connectivity index (χ1n) is 6.97. The molecule has 0 bridgehead atoms. The summed E-state index contributed by atoms with van der Waals surface area (Å²) in [6.07, 6.45) is 3.17. The van der Waals surface area contributed by atoms with Crippen LogP contribution in [0.15, 0.2) is 24.3 Å². The monoisotopic (exact) mass is 314 g/mol. The second kappa shape index (κ2) is 10.1. The Morgan fingerprint density at radius 3 is 2.95 bits per heavy atom. The largest absolute Gasteiger partial charge is 0.351 e. The van der Waals surface area contributed by atoms with E-state index in [2.05, 4.69) is 12.2 Å². The highest BCUT2D eigenvalue weighted by atomic mass is 35.5. The summed E-state index contributed by atoms with van der Waals surface area (Å²) in [5, 5.41) is 3.72. The third kappa shape index (κ3) is 7.17. The second-order valence-corrected chi connectivity index (χ2v) is 6.19. The highest BCUT2D eigenvalue weighted by molar-refractivity contribution is 7.99. The number of carbonyl (C=O) groups is 1. The number of amides is 1. The van der Waals surface area contributed by atoms with Gasteiger partial charge in [-0.25, -0.2) is 0 Å². The number of thioether (sulfide) groups is 1. The van der Waals surface area contributed by atoms with Crippen LogP contribution in [-0.2, 0) is 10.5 Å². The number of nitrogens with one attached hydrogen (secondary N) is 1. The lowest BCUT2D eigenvalue weighted by Gasteiger charge is -2.16. The topological polar surface area (TPSA) is 55.1 Å². The van der Waals surface area contributed by atoms with Crippen molar-refractivity contribution in [2.45, 2.75) is 38.0 Å². The predicted octanol–water partition coefficient (Wildman–Crippen LogP) is 3.21. The van der Waals surface area contributed by atoms with E-state index in [1.807, 2.05) is 24.3 Å². The van der Waals surface area contributed by atoms with Crippen molar-refractivity contribution < 1.29 is 4.79 Å². The second-order valence-electron chi connectivity index (χ2n) is 4.77. The standard InChI is InChI=1S/C15H23ClN2OS/c1-2-3-7-14(9-17)18-15(19)11-20-10-12-5-4-6-13(16)8-12/h4-6,8,14H,2-3,7,9-11,17H2,1H3,(H,18,19). The molecule has 0 radical (unpaired) electrons. The molecule has 0 aromatic heterocycles. The quantitative estimate of drug-likeness (QED) is 0.736. The number of hydrogen-bond acceptors (Lipinski definition) is 3. The van der Waals surface area contributed by atoms with Crippen molar-refractivity contribution in [3.63, 3.8) is 0 Å². The number of carbonyl (C=O) groups excluding carboxylic acids is 1. The van der Waals surface area contributed by atoms with Gasteiger partial charge in [-0.2, -0.15) is 0 Å². The molecule has 0 spiro atoms. The van der Waals surface area contributed by atoms with Crippen LogP contribution in [0.1, 0.15) is 31.7 Å². The Kier molecular flexibility index (Phi) is 8.74. The minimum Gasteiger partial charge on any atom is -0.351 e. The normalized spacial score (nSPS) is 12.2. The molecule has 0 fully saturated rings. The summed E-state index contributed by atoms with van der Waals surface area (Å²) in [5.41, 5.74) is 6.80. The van der Waals surface area contributed by atoms with Gasteiger partial charge in [0.1, 0.15) is 0 Å². The first-order chi connectivity index (χ1) is 9.65. The number of rotatable bonds is 9. The Hall–Kier alpha value is -0.710. The van der Waals surface area contributed by atoms with Gasteiger partial charge in [-0.3, -0.25) is 4.79 Å². The smallest absolute Gasteiger partial charge is 0.230 e. The van der Waals surface area contributed by atoms with Crippen molar-refractivity contribution in [1.82, 2.24) is 5.32 Å². The van der Waals surface area contributed by atoms with E-state index in [-0.39, 0.29) is 11.9 Å². The van der Waals surface area contributed by atoms with Gasteiger partial charge in [0.2, 0.25) is 5.91 Å². The summed E-state index contributed by atoms with van der Waals surface area (Å²) < 4.78 is 0. The molecule has 1 aromatic carbocycles. The lowest BCUT2D eigenvalue weighted by atomic mass is 10.1. The summed E-state index contributed by atoms with van der Waals surface area (Å²) >= 11 is 7.51. The fourth-order valence-corrected chi connectivity index (χ4v) is 2.86. The Labute approximate surface area is 130 Å². The molecule has 0 aliphatic rings. The van der Waals surface area contributed by atoms with Crippen molar-refractivity contribution in [1.29, 1.82) is 0 Å². The number of hydrogen-bond donors (Lipinski definition) is 2. The van der Waals surface area contributed by atoms with E-state index in [1.165, 1.54) is 0 Å². The van der Waals surface area contributed by atoms with Gasteiger partial charge < -0.3 is 11.1 Å². The molecule has 112 valence electrons. The minimum atomic E-state index is 0.0589. The predicted molar refractivity (Wildman–Crippen MR) is 88.1 cm³/mol. The number of benzene rings is 1. The van der Waals surface area contributed by atoms with Crippen molar-refractivity contribution in [3.05, 3.63) is 34.9 Å². The molecule has 0 saturated carbocycles. The third-order valence-corrected chi connectivity index (χ3v) is 4.19. The maximum atomic E-state index is 11.8. The van der Waals surface area contributed by atoms with Crippen LogP contribution in [0.4, 0.5) is 0 Å². The van der Waals surface area contributed by atoms with Crippen LogP contribution in [0.25, 0.3) is 0 Å². The first kappa shape index (κ1) is 17.3. The van der Waals surface area contributed by atoms with E-state index in [0.717, 1.165) is 35.6 Å². The highest BCUT2D eigenvalue weighted by Crippen LogP contribution is 2.16. The lowest BCUT2D eigenvalue weighted by Crippen LogP contribution is -2.41. The molecular weight excluding hydrogens is 292 g/mol. The maximum absolute atomic E-state index is 11.8. The van der Waals surface area contributed by atoms with E-state index in [1.54, 1.807) is 11.8 Å². The summed E-state index contributed by atoms with van der Waals surface area (Å²) in [5.74, 6) is 1.30. The molecule has 3 nitrogen and oxygen atoms in total. The van der Waals surface area contributed by atoms with Crippen molar-refractivity contribution >= 4 is 29.3 Å². The Morgan fingerprint density at radius 1 is 1.50 bits per heavy atom. The van der Waals surface area contributed by atoms with Gasteiger partial charge in [-0.1, -0.05) is 43.5 Å². The van der Waals surface area contributed by atoms with Gasteiger partial charge >= 0.3 is 0 Å². The van der Waals surface area contributed by atoms with Gasteiger partial charge in [-0.15, -0.1) is 11.8 Å². The molecule has 1 rings (SSSR count). The third-order valence-electron chi connectivity index (χ3n) is 2.95. The Balaban J connectivity index is 2.25. The van der Waals surface area contributed by atoms with E-state index >= 15 is 0 Å². The van der Waals surface area contributed by atoms with Gasteiger partial charge in [-0.05, 0) is 24.1 Å². The average Bonchev–Trinajstić information content (AvgIpc) is 2.43. The first-order valence-corrected chi connectivity index (χ1v) is 8.50. The summed E-state index contributed by atoms with van der Waals surface area (Å²) in [7, 11) is 0. The van der Waals surface area contributed by atoms with E-state index in [9.17, 15) is 4.79 Å². The molecule has 1 aromatic rings. The van der Waals surface area contributed by atoms with Crippen LogP contribution in [0.3, 0.4) is 0 Å². The summed E-state index contributed by atoms with van der Waals surface area (Å²) in [6.45, 7) is 2.64. The fourth-order valence-electron chi connectivity index (χ4n) is 1.86. The van der Waals surface area contributed by atoms with Gasteiger partial charge in [0.05, 0.1) is 5.75 Å². The molecule has 0 aliphatic heterocycles. The molecule has 1 amide bonds. The molecule has 0 saturated heterocycles. The fraction of sp³-hybridized carbons (Fsp3) is 0.533. The molecule has 3 N–H and O–H groups in total. The van der Waals surface area contributed by atoms with Crippen molar-refractivity contribution in [2.75, 3.05) is 12.3 Å². The van der Waals surface area contributed by atoms with Crippen LogP contribution < -0.4 is 11.1 Å². The van der Waals surface area contributed by atoms with Crippen LogP contribution in [-0.4, -0.2) is 24.2 Å². The van der Waals surface area contributed by atoms with Crippen LogP contribution >= 0.6 is 23.4 Å². The molecular formula is C15H23ClN2OS. The highest BCUT2D eigenvalue weighted by Gasteiger charge is 2.10. The van der Waals surface area contributed by atoms with Gasteiger partial charge in [0.15, 0.2) is 0 Å². The van der Waals surface area contributed by atoms with Crippen molar-refractivity contribution in [2.24, 2.45) is 5.73 Å². The average molecular weight is 315 g/mol. The van der Waals surface area contributed by atoms with Crippen LogP contribution in [0, 0.1) is 0 Å². The molecule has 5 heteroatoms. The lowest BCUT2D eigenvalue weighted by molar-refractivity contribution is -0.119. The molecule has 20 heavy (non-hydrogen) atoms. The number of nitrogens with two attached hydrogens (primary N) is 1. The van der Waals surface area contributed by atoms with Gasteiger partial charge in [0.25, 0.3) is 0 Å². The number of unbranched alkanes of at least 4 members (excludes halogenated alkanes) is 1. The molecule has 1 atom stereocenters. The van der Waals surface area contributed by atoms with Crippen LogP contribution in [0.2, 0.25) is 5.02 Å². The summed E-state index contributed by atoms with van der Waals surface area (Å²) in [6, 6.07) is 7.82. The minimum absolute atomic E-state index is 0.0589. The van der Waals surface area contributed by atoms with Gasteiger partial charge in [0, 0.05) is 23.4 Å². The van der Waals surface area contributed by atoms with Crippen molar-refractivity contribution in [3.8, 4) is 0 Å². The van der Waals surface area contributed by atoms with E-state index in [4.69, 9.17) is 17.3 Å². The van der Waals surface area contributed by atoms with Crippen LogP contribution in [0.5, 0.6) is 0 Å². The van der Waals surface area contributed by atoms with E-state index in [0.29, 0.717) is 12.3 Å². The maximum Gasteiger partial charge on any atom is 0.230 e. The van der Waals surface area contributed by atoms with E-state index < -0.39 is 0 Å². The zero-order valence-electron chi connectivity index (χ0n) is 11.9. The molecule has 0 heterocycles. The summed E-state index contributed by atoms with van der Waals surface area (Å²) in [4.78, 5) is 11.8.